The van der Waals surface area contributed by atoms with Crippen molar-refractivity contribution in [3.8, 4) is 0 Å². The van der Waals surface area contributed by atoms with Crippen LogP contribution in [0.2, 0.25) is 0 Å². The molecular weight excluding hydrogens is 768 g/mol. The highest BCUT2D eigenvalue weighted by molar-refractivity contribution is 9.09. The Hall–Kier alpha value is -3.05. The molecule has 4 N–H and O–H groups in total. The van der Waals surface area contributed by atoms with Gasteiger partial charge in [-0.05, 0) is 86.6 Å². The van der Waals surface area contributed by atoms with Gasteiger partial charge in [0.25, 0.3) is 0 Å². The monoisotopic (exact) mass is 834 g/mol. The van der Waals surface area contributed by atoms with Crippen molar-refractivity contribution < 1.29 is 28.6 Å². The molecule has 4 bridgehead atoms. The number of fused-ring (bicyclic) bond motifs is 4. The van der Waals surface area contributed by atoms with Crippen molar-refractivity contribution in [1.29, 1.82) is 0 Å². The summed E-state index contributed by atoms with van der Waals surface area (Å²) in [5, 5.41) is 13.8. The van der Waals surface area contributed by atoms with Crippen LogP contribution in [0.5, 0.6) is 0 Å². The first-order chi connectivity index (χ1) is 25.8. The second-order valence-electron chi connectivity index (χ2n) is 16.4. The Kier molecular flexibility index (Phi) is 21.5. The third-order valence-corrected chi connectivity index (χ3v) is 7.81. The standard InChI is InChI=1S/C23H38N4O4.C11H18N4.C6H11BrO2/c1-22(2,3)30-20(28)16-26-12-10-24-11-13-27(17-21(29)31-23(4,5)6)15-19-9-7-8-18(14-26)25-19;1-2-10-8-13-6-4-12-5-7-14-9-11(3-1)15-10;1-6(2,3)9-5(8)4-7/h7-9,24H,10-17H2,1-6H3;1-3,12-14H,4-9H2;4H2,1-3H3. The molecule has 15 heteroatoms. The van der Waals surface area contributed by atoms with Crippen LogP contribution in [-0.2, 0) is 54.8 Å². The molecule has 0 radical (unpaired) electrons. The summed E-state index contributed by atoms with van der Waals surface area (Å²) < 4.78 is 15.9. The Balaban J connectivity index is 0.000000356. The number of nitrogens with one attached hydrogen (secondary N) is 4. The van der Waals surface area contributed by atoms with Crippen LogP contribution in [0.1, 0.15) is 85.1 Å². The molecule has 4 rings (SSSR count). The molecule has 2 aromatic heterocycles. The van der Waals surface area contributed by atoms with Gasteiger partial charge in [0.05, 0.1) is 35.9 Å². The molecule has 14 nitrogen and oxygen atoms in total. The second kappa shape index (κ2) is 24.6. The highest BCUT2D eigenvalue weighted by Crippen LogP contribution is 2.12. The minimum atomic E-state index is -0.502. The van der Waals surface area contributed by atoms with Crippen LogP contribution in [0.3, 0.4) is 0 Å². The minimum absolute atomic E-state index is 0.218. The predicted molar refractivity (Wildman–Crippen MR) is 220 cm³/mol. The molecule has 55 heavy (non-hydrogen) atoms. The van der Waals surface area contributed by atoms with Crippen LogP contribution < -0.4 is 21.3 Å². The molecule has 4 heterocycles. The molecule has 0 unspecified atom stereocenters. The number of ether oxygens (including phenoxy) is 3. The van der Waals surface area contributed by atoms with Crippen molar-refractivity contribution in [3.05, 3.63) is 59.2 Å². The van der Waals surface area contributed by atoms with Crippen molar-refractivity contribution in [2.24, 2.45) is 0 Å². The average Bonchev–Trinajstić information content (AvgIpc) is 3.04. The molecule has 0 saturated heterocycles. The highest BCUT2D eigenvalue weighted by Gasteiger charge is 2.22. The van der Waals surface area contributed by atoms with Crippen LogP contribution in [0.4, 0.5) is 0 Å². The second-order valence-corrected chi connectivity index (χ2v) is 17.0. The Bertz CT molecular complexity index is 1360. The molecular formula is C40H67BrN8O6. The molecule has 0 atom stereocenters. The van der Waals surface area contributed by atoms with Crippen LogP contribution in [0.25, 0.3) is 0 Å². The zero-order chi connectivity index (χ0) is 40.9. The summed E-state index contributed by atoms with van der Waals surface area (Å²) in [6.07, 6.45) is 0. The van der Waals surface area contributed by atoms with E-state index in [1.807, 2.05) is 90.3 Å². The van der Waals surface area contributed by atoms with Gasteiger partial charge in [-0.1, -0.05) is 28.1 Å². The van der Waals surface area contributed by atoms with E-state index in [0.717, 1.165) is 75.1 Å². The summed E-state index contributed by atoms with van der Waals surface area (Å²) >= 11 is 2.99. The lowest BCUT2D eigenvalue weighted by molar-refractivity contribution is -0.157. The smallest absolute Gasteiger partial charge is 0.320 e. The Labute approximate surface area is 337 Å². The quantitative estimate of drug-likeness (QED) is 0.197. The van der Waals surface area contributed by atoms with E-state index in [-0.39, 0.29) is 41.9 Å². The number of rotatable bonds is 5. The Morgan fingerprint density at radius 2 is 0.909 bits per heavy atom. The first-order valence-electron chi connectivity index (χ1n) is 19.2. The van der Waals surface area contributed by atoms with Gasteiger partial charge in [0.1, 0.15) is 22.1 Å². The Morgan fingerprint density at radius 3 is 1.29 bits per heavy atom. The van der Waals surface area contributed by atoms with Crippen LogP contribution >= 0.6 is 15.9 Å². The maximum absolute atomic E-state index is 12.3. The fourth-order valence-corrected chi connectivity index (χ4v) is 5.42. The molecule has 0 fully saturated rings. The molecule has 2 aromatic rings. The highest BCUT2D eigenvalue weighted by atomic mass is 79.9. The van der Waals surface area contributed by atoms with E-state index in [4.69, 9.17) is 19.2 Å². The van der Waals surface area contributed by atoms with Gasteiger partial charge in [-0.3, -0.25) is 34.2 Å². The summed E-state index contributed by atoms with van der Waals surface area (Å²) in [5.74, 6) is -0.693. The molecule has 310 valence electrons. The number of nitrogens with zero attached hydrogens (tertiary/aromatic N) is 4. The summed E-state index contributed by atoms with van der Waals surface area (Å²) in [6.45, 7) is 26.9. The number of carbonyl (C=O) groups is 3. The third kappa shape index (κ3) is 25.0. The van der Waals surface area contributed by atoms with Crippen molar-refractivity contribution in [2.75, 3.05) is 70.8 Å². The lowest BCUT2D eigenvalue weighted by Crippen LogP contribution is -2.42. The van der Waals surface area contributed by atoms with Gasteiger partial charge in [0.15, 0.2) is 0 Å². The number of hydrogen-bond donors (Lipinski definition) is 4. The molecule has 2 aliphatic heterocycles. The molecule has 0 aromatic carbocycles. The zero-order valence-corrected chi connectivity index (χ0v) is 36.3. The Morgan fingerprint density at radius 1 is 0.564 bits per heavy atom. The zero-order valence-electron chi connectivity index (χ0n) is 34.7. The fraction of sp³-hybridized carbons (Fsp3) is 0.675. The van der Waals surface area contributed by atoms with E-state index < -0.39 is 11.2 Å². The van der Waals surface area contributed by atoms with Crippen LogP contribution in [-0.4, -0.2) is 125 Å². The number of esters is 3. The molecule has 0 spiro atoms. The van der Waals surface area contributed by atoms with E-state index >= 15 is 0 Å². The maximum Gasteiger partial charge on any atom is 0.320 e. The fourth-order valence-electron chi connectivity index (χ4n) is 5.31. The van der Waals surface area contributed by atoms with E-state index in [2.05, 4.69) is 60.4 Å². The van der Waals surface area contributed by atoms with Crippen molar-refractivity contribution in [1.82, 2.24) is 41.0 Å². The van der Waals surface area contributed by atoms with Gasteiger partial charge in [-0.2, -0.15) is 0 Å². The summed E-state index contributed by atoms with van der Waals surface area (Å²) in [4.78, 5) is 48.6. The third-order valence-electron chi connectivity index (χ3n) is 7.35. The maximum atomic E-state index is 12.3. The van der Waals surface area contributed by atoms with Gasteiger partial charge in [0.2, 0.25) is 0 Å². The molecule has 0 amide bonds. The van der Waals surface area contributed by atoms with Gasteiger partial charge in [0, 0.05) is 78.5 Å². The predicted octanol–water partition coefficient (Wildman–Crippen LogP) is 3.56. The van der Waals surface area contributed by atoms with Crippen LogP contribution in [0, 0.1) is 0 Å². The molecule has 0 aliphatic carbocycles. The number of hydrogen-bond acceptors (Lipinski definition) is 14. The minimum Gasteiger partial charge on any atom is -0.459 e. The number of pyridine rings is 2. The normalized spacial score (nSPS) is 16.8. The van der Waals surface area contributed by atoms with Gasteiger partial charge in [-0.25, -0.2) is 0 Å². The van der Waals surface area contributed by atoms with Gasteiger partial charge >= 0.3 is 17.9 Å². The van der Waals surface area contributed by atoms with Gasteiger partial charge < -0.3 is 35.5 Å². The van der Waals surface area contributed by atoms with E-state index in [9.17, 15) is 14.4 Å². The summed E-state index contributed by atoms with van der Waals surface area (Å²) in [5.41, 5.74) is 2.66. The lowest BCUT2D eigenvalue weighted by Gasteiger charge is -2.27. The summed E-state index contributed by atoms with van der Waals surface area (Å²) in [6, 6.07) is 12.1. The van der Waals surface area contributed by atoms with E-state index in [1.165, 1.54) is 0 Å². The number of aromatic nitrogens is 2. The first-order valence-corrected chi connectivity index (χ1v) is 20.3. The topological polar surface area (TPSA) is 159 Å². The van der Waals surface area contributed by atoms with Crippen LogP contribution in [0.15, 0.2) is 36.4 Å². The first kappa shape index (κ1) is 48.1. The number of carbonyl (C=O) groups excluding carboxylic acids is 3. The van der Waals surface area contributed by atoms with Gasteiger partial charge in [-0.15, -0.1) is 0 Å². The number of halogens is 1. The van der Waals surface area contributed by atoms with E-state index in [0.29, 0.717) is 26.2 Å². The lowest BCUT2D eigenvalue weighted by atomic mass is 10.2. The summed E-state index contributed by atoms with van der Waals surface area (Å²) in [7, 11) is 0. The van der Waals surface area contributed by atoms with E-state index in [1.54, 1.807) is 0 Å². The number of alkyl halides is 1. The van der Waals surface area contributed by atoms with Crippen molar-refractivity contribution in [3.63, 3.8) is 0 Å². The molecule has 0 saturated carbocycles. The largest absolute Gasteiger partial charge is 0.459 e. The average molecular weight is 836 g/mol. The van der Waals surface area contributed by atoms with Crippen molar-refractivity contribution >= 4 is 33.8 Å². The molecule has 2 aliphatic rings. The SMILES string of the molecule is CC(C)(C)OC(=O)CBr.CC(C)(C)OC(=O)CN1CCNCCN(CC(=O)OC(C)(C)C)Cc2cccc(n2)C1.c1cc2nc(c1)CNCCNCCNC2. The van der Waals surface area contributed by atoms with Crippen molar-refractivity contribution in [2.45, 2.75) is 105 Å².